The third kappa shape index (κ3) is 5.89. The van der Waals surface area contributed by atoms with Crippen LogP contribution in [0.3, 0.4) is 0 Å². The quantitative estimate of drug-likeness (QED) is 0.572. The molecule has 0 unspecified atom stereocenters. The molecule has 0 aromatic carbocycles. The second-order valence-electron chi connectivity index (χ2n) is 8.69. The van der Waals surface area contributed by atoms with Crippen LogP contribution in [0.2, 0.25) is 0 Å². The topological polar surface area (TPSA) is 127 Å². The second kappa shape index (κ2) is 11.8. The Hall–Kier alpha value is -3.76. The molecule has 11 heteroatoms. The lowest BCUT2D eigenvalue weighted by molar-refractivity contribution is -0.148. The van der Waals surface area contributed by atoms with E-state index in [1.165, 1.54) is 0 Å². The molecule has 2 aliphatic heterocycles. The summed E-state index contributed by atoms with van der Waals surface area (Å²) in [6.07, 6.45) is 5.34. The number of ether oxygens (including phenoxy) is 2. The summed E-state index contributed by atoms with van der Waals surface area (Å²) in [7, 11) is 0. The van der Waals surface area contributed by atoms with Gasteiger partial charge in [0.25, 0.3) is 0 Å². The average molecular weight is 497 g/mol. The van der Waals surface area contributed by atoms with Crippen molar-refractivity contribution in [3.8, 4) is 11.4 Å². The zero-order valence-electron chi connectivity index (χ0n) is 20.7. The van der Waals surface area contributed by atoms with Gasteiger partial charge in [0.15, 0.2) is 5.82 Å². The van der Waals surface area contributed by atoms with Crippen molar-refractivity contribution in [1.29, 1.82) is 0 Å². The zero-order chi connectivity index (χ0) is 25.5. The summed E-state index contributed by atoms with van der Waals surface area (Å²) in [4.78, 5) is 54.4. The van der Waals surface area contributed by atoms with Crippen molar-refractivity contribution in [3.05, 3.63) is 35.8 Å². The highest BCUT2D eigenvalue weighted by Gasteiger charge is 2.32. The van der Waals surface area contributed by atoms with Gasteiger partial charge >= 0.3 is 18.0 Å². The molecule has 36 heavy (non-hydrogen) atoms. The number of esters is 2. The van der Waals surface area contributed by atoms with E-state index in [2.05, 4.69) is 15.2 Å². The van der Waals surface area contributed by atoms with Crippen LogP contribution in [-0.2, 0) is 32.0 Å². The fourth-order valence-electron chi connectivity index (χ4n) is 4.51. The first-order valence-electron chi connectivity index (χ1n) is 12.4. The van der Waals surface area contributed by atoms with Gasteiger partial charge in [-0.25, -0.2) is 14.8 Å². The Balaban J connectivity index is 1.57. The summed E-state index contributed by atoms with van der Waals surface area (Å²) in [5.74, 6) is 0.607. The number of rotatable bonds is 7. The summed E-state index contributed by atoms with van der Waals surface area (Å²) in [6, 6.07) is 3.43. The molecule has 1 fully saturated rings. The molecule has 1 N–H and O–H groups in total. The molecule has 0 atom stereocenters. The van der Waals surface area contributed by atoms with E-state index in [4.69, 9.17) is 19.4 Å². The number of carbonyl (C=O) groups excluding carboxylic acids is 3. The fourth-order valence-corrected chi connectivity index (χ4v) is 4.51. The maximum absolute atomic E-state index is 12.8. The van der Waals surface area contributed by atoms with Crippen LogP contribution in [0.15, 0.2) is 24.5 Å². The lowest BCUT2D eigenvalue weighted by Crippen LogP contribution is -2.45. The molecule has 0 spiro atoms. The number of nitrogens with zero attached hydrogens (tertiary/aromatic N) is 5. The molecular weight excluding hydrogens is 464 g/mol. The number of pyridine rings is 1. The maximum atomic E-state index is 12.8. The summed E-state index contributed by atoms with van der Waals surface area (Å²) in [6.45, 7) is 6.08. The molecule has 4 rings (SSSR count). The van der Waals surface area contributed by atoms with E-state index in [0.29, 0.717) is 57.9 Å². The van der Waals surface area contributed by atoms with Gasteiger partial charge < -0.3 is 24.6 Å². The predicted octanol–water partition coefficient (Wildman–Crippen LogP) is 1.95. The Morgan fingerprint density at radius 3 is 2.56 bits per heavy atom. The molecule has 0 aliphatic carbocycles. The van der Waals surface area contributed by atoms with Crippen LogP contribution in [0.1, 0.15) is 37.9 Å². The van der Waals surface area contributed by atoms with Gasteiger partial charge in [0, 0.05) is 49.6 Å². The van der Waals surface area contributed by atoms with Crippen LogP contribution in [0.4, 0.5) is 10.6 Å². The molecule has 2 amide bonds. The van der Waals surface area contributed by atoms with E-state index in [-0.39, 0.29) is 31.1 Å². The molecule has 0 radical (unpaired) electrons. The number of carbonyl (C=O) groups is 3. The van der Waals surface area contributed by atoms with E-state index in [0.717, 1.165) is 22.6 Å². The summed E-state index contributed by atoms with van der Waals surface area (Å²) < 4.78 is 10.1. The monoisotopic (exact) mass is 496 g/mol. The van der Waals surface area contributed by atoms with E-state index in [1.807, 2.05) is 19.1 Å². The number of aromatic nitrogens is 3. The van der Waals surface area contributed by atoms with Gasteiger partial charge in [0.2, 0.25) is 0 Å². The predicted molar refractivity (Wildman–Crippen MR) is 131 cm³/mol. The molecule has 4 heterocycles. The first-order chi connectivity index (χ1) is 17.5. The van der Waals surface area contributed by atoms with Crippen molar-refractivity contribution in [2.45, 2.75) is 39.7 Å². The molecule has 192 valence electrons. The molecular formula is C25H32N6O5. The van der Waals surface area contributed by atoms with E-state index in [1.54, 1.807) is 24.2 Å². The number of anilines is 1. The van der Waals surface area contributed by atoms with Crippen molar-refractivity contribution < 1.29 is 23.9 Å². The third-order valence-corrected chi connectivity index (χ3v) is 6.35. The van der Waals surface area contributed by atoms with Crippen molar-refractivity contribution in [3.63, 3.8) is 0 Å². The second-order valence-corrected chi connectivity index (χ2v) is 8.69. The zero-order valence-corrected chi connectivity index (χ0v) is 20.7. The molecule has 11 nitrogen and oxygen atoms in total. The number of fused-ring (bicyclic) bond motifs is 1. The van der Waals surface area contributed by atoms with Crippen molar-refractivity contribution >= 4 is 23.8 Å². The number of amides is 2. The minimum absolute atomic E-state index is 0.123. The number of urea groups is 1. The Morgan fingerprint density at radius 1 is 1.08 bits per heavy atom. The van der Waals surface area contributed by atoms with Crippen LogP contribution in [0.5, 0.6) is 0 Å². The van der Waals surface area contributed by atoms with Crippen molar-refractivity contribution in [2.75, 3.05) is 44.3 Å². The Morgan fingerprint density at radius 2 is 1.86 bits per heavy atom. The van der Waals surface area contributed by atoms with Gasteiger partial charge in [0.1, 0.15) is 12.4 Å². The van der Waals surface area contributed by atoms with Gasteiger partial charge in [-0.3, -0.25) is 14.6 Å². The SMILES string of the molecule is CCOC(=O)CNC(=O)N1CCc2nc(-c3cccnc3)nc(N3CCC(C(=O)OCC)CC3)c2C1. The van der Waals surface area contributed by atoms with Gasteiger partial charge in [-0.15, -0.1) is 0 Å². The average Bonchev–Trinajstić information content (AvgIpc) is 2.91. The standard InChI is InChI=1S/C25H32N6O5/c1-3-35-21(32)15-27-25(34)31-13-9-20-19(16-31)23(29-22(28-20)18-6-5-10-26-14-18)30-11-7-17(8-12-30)24(33)36-4-2/h5-6,10,14,17H,3-4,7-9,11-13,15-16H2,1-2H3,(H,27,34). The lowest BCUT2D eigenvalue weighted by Gasteiger charge is -2.36. The normalized spacial score (nSPS) is 15.7. The Bertz CT molecular complexity index is 1090. The number of hydrogen-bond acceptors (Lipinski definition) is 9. The number of nitrogens with one attached hydrogen (secondary N) is 1. The summed E-state index contributed by atoms with van der Waals surface area (Å²) in [5, 5.41) is 2.63. The minimum atomic E-state index is -0.474. The van der Waals surface area contributed by atoms with Crippen molar-refractivity contribution in [1.82, 2.24) is 25.2 Å². The van der Waals surface area contributed by atoms with Crippen LogP contribution < -0.4 is 10.2 Å². The van der Waals surface area contributed by atoms with Gasteiger partial charge in [-0.05, 0) is 38.8 Å². The molecule has 2 aromatic rings. The van der Waals surface area contributed by atoms with E-state index in [9.17, 15) is 14.4 Å². The smallest absolute Gasteiger partial charge is 0.325 e. The van der Waals surface area contributed by atoms with Crippen LogP contribution >= 0.6 is 0 Å². The molecule has 0 bridgehead atoms. The highest BCUT2D eigenvalue weighted by Crippen LogP contribution is 2.32. The number of piperidine rings is 1. The van der Waals surface area contributed by atoms with Gasteiger partial charge in [-0.1, -0.05) is 0 Å². The fraction of sp³-hybridized carbons (Fsp3) is 0.520. The summed E-state index contributed by atoms with van der Waals surface area (Å²) in [5.41, 5.74) is 2.59. The van der Waals surface area contributed by atoms with Crippen molar-refractivity contribution in [2.24, 2.45) is 5.92 Å². The van der Waals surface area contributed by atoms with E-state index < -0.39 is 5.97 Å². The highest BCUT2D eigenvalue weighted by atomic mass is 16.5. The van der Waals surface area contributed by atoms with Gasteiger partial charge in [-0.2, -0.15) is 0 Å². The molecule has 0 saturated carbocycles. The Kier molecular flexibility index (Phi) is 8.29. The van der Waals surface area contributed by atoms with E-state index >= 15 is 0 Å². The maximum Gasteiger partial charge on any atom is 0.325 e. The van der Waals surface area contributed by atoms with Crippen LogP contribution in [-0.4, -0.2) is 77.2 Å². The third-order valence-electron chi connectivity index (χ3n) is 6.35. The minimum Gasteiger partial charge on any atom is -0.466 e. The molecule has 2 aliphatic rings. The molecule has 1 saturated heterocycles. The first kappa shape index (κ1) is 25.3. The lowest BCUT2D eigenvalue weighted by atomic mass is 9.96. The molecule has 2 aromatic heterocycles. The number of hydrogen-bond donors (Lipinski definition) is 1. The van der Waals surface area contributed by atoms with Gasteiger partial charge in [0.05, 0.1) is 31.4 Å². The van der Waals surface area contributed by atoms with Crippen LogP contribution in [0.25, 0.3) is 11.4 Å². The largest absolute Gasteiger partial charge is 0.466 e. The Labute approximate surface area is 210 Å². The highest BCUT2D eigenvalue weighted by molar-refractivity contribution is 5.81. The van der Waals surface area contributed by atoms with Crippen LogP contribution in [0, 0.1) is 5.92 Å². The summed E-state index contributed by atoms with van der Waals surface area (Å²) >= 11 is 0. The first-order valence-corrected chi connectivity index (χ1v) is 12.4.